The van der Waals surface area contributed by atoms with E-state index in [1.165, 1.54) is 19.4 Å². The summed E-state index contributed by atoms with van der Waals surface area (Å²) >= 11 is 0. The van der Waals surface area contributed by atoms with Gasteiger partial charge in [-0.1, -0.05) is 0 Å². The third-order valence-electron chi connectivity index (χ3n) is 4.55. The first-order chi connectivity index (χ1) is 13.9. The summed E-state index contributed by atoms with van der Waals surface area (Å²) in [6.45, 7) is 2.19. The molecule has 1 saturated heterocycles. The molecule has 156 valence electrons. The van der Waals surface area contributed by atoms with Crippen LogP contribution in [-0.2, 0) is 10.9 Å². The van der Waals surface area contributed by atoms with Crippen molar-refractivity contribution in [1.29, 1.82) is 0 Å². The van der Waals surface area contributed by atoms with E-state index >= 15 is 0 Å². The van der Waals surface area contributed by atoms with Gasteiger partial charge in [0, 0.05) is 32.1 Å². The highest BCUT2D eigenvalue weighted by atomic mass is 19.4. The maximum absolute atomic E-state index is 13.1. The molecule has 0 unspecified atom stereocenters. The molecule has 0 radical (unpaired) electrons. The van der Waals surface area contributed by atoms with Crippen LogP contribution in [0.4, 0.5) is 24.5 Å². The smallest absolute Gasteiger partial charge is 0.416 e. The normalized spacial score (nSPS) is 14.1. The predicted octanol–water partition coefficient (Wildman–Crippen LogP) is 3.98. The third-order valence-corrected chi connectivity index (χ3v) is 4.55. The molecule has 1 aromatic carbocycles. The van der Waals surface area contributed by atoms with Crippen LogP contribution in [0.15, 0.2) is 36.5 Å². The fraction of sp³-hybridized carbons (Fsp3) is 0.400. The van der Waals surface area contributed by atoms with Gasteiger partial charge in [-0.05, 0) is 43.2 Å². The Balaban J connectivity index is 1.83. The largest absolute Gasteiger partial charge is 0.489 e. The van der Waals surface area contributed by atoms with E-state index in [4.69, 9.17) is 9.47 Å². The number of hydrogen-bond donors (Lipinski definition) is 1. The van der Waals surface area contributed by atoms with E-state index < -0.39 is 17.6 Å². The number of carbonyl (C=O) groups excluding carboxylic acids is 1. The molecule has 9 heteroatoms. The zero-order valence-electron chi connectivity index (χ0n) is 16.0. The quantitative estimate of drug-likeness (QED) is 0.701. The highest BCUT2D eigenvalue weighted by Gasteiger charge is 2.31. The Bertz CT molecular complexity index is 852. The van der Waals surface area contributed by atoms with Crippen molar-refractivity contribution in [2.45, 2.75) is 19.0 Å². The minimum Gasteiger partial charge on any atom is -0.489 e. The highest BCUT2D eigenvalue weighted by Crippen LogP contribution is 2.35. The van der Waals surface area contributed by atoms with Gasteiger partial charge in [0.1, 0.15) is 18.1 Å². The van der Waals surface area contributed by atoms with Crippen LogP contribution in [0.25, 0.3) is 0 Å². The average molecular weight is 409 g/mol. The summed E-state index contributed by atoms with van der Waals surface area (Å²) < 4.78 is 49.6. The number of amides is 1. The third kappa shape index (κ3) is 5.38. The number of halogens is 3. The summed E-state index contributed by atoms with van der Waals surface area (Å²) in [6.07, 6.45) is -0.865. The zero-order chi connectivity index (χ0) is 20.9. The average Bonchev–Trinajstić information content (AvgIpc) is 3.23. The molecule has 0 aliphatic carbocycles. The molecule has 0 atom stereocenters. The van der Waals surface area contributed by atoms with Crippen molar-refractivity contribution in [1.82, 2.24) is 4.98 Å². The topological polar surface area (TPSA) is 63.7 Å². The minimum absolute atomic E-state index is 0.0747. The highest BCUT2D eigenvalue weighted by molar-refractivity contribution is 6.04. The number of aromatic nitrogens is 1. The lowest BCUT2D eigenvalue weighted by molar-refractivity contribution is -0.137. The number of rotatable bonds is 7. The molecule has 6 nitrogen and oxygen atoms in total. The molecular formula is C20H22F3N3O3. The van der Waals surface area contributed by atoms with Crippen LogP contribution in [0.3, 0.4) is 0 Å². The zero-order valence-corrected chi connectivity index (χ0v) is 16.0. The SMILES string of the molecule is COCCOc1ccc(C(F)(F)F)cc1NC(=O)c1cc(N2CCCC2)ccn1. The summed E-state index contributed by atoms with van der Waals surface area (Å²) in [5, 5.41) is 2.50. The van der Waals surface area contributed by atoms with Crippen molar-refractivity contribution in [3.8, 4) is 5.75 Å². The van der Waals surface area contributed by atoms with E-state index in [9.17, 15) is 18.0 Å². The van der Waals surface area contributed by atoms with E-state index in [1.807, 2.05) is 6.07 Å². The van der Waals surface area contributed by atoms with Crippen molar-refractivity contribution in [2.24, 2.45) is 0 Å². The summed E-state index contributed by atoms with van der Waals surface area (Å²) in [5.41, 5.74) is 0.0258. The van der Waals surface area contributed by atoms with Gasteiger partial charge in [0.25, 0.3) is 5.91 Å². The van der Waals surface area contributed by atoms with Crippen molar-refractivity contribution in [3.63, 3.8) is 0 Å². The van der Waals surface area contributed by atoms with E-state index in [0.29, 0.717) is 0 Å². The van der Waals surface area contributed by atoms with Gasteiger partial charge < -0.3 is 19.7 Å². The number of anilines is 2. The van der Waals surface area contributed by atoms with Gasteiger partial charge in [0.05, 0.1) is 17.9 Å². The van der Waals surface area contributed by atoms with Gasteiger partial charge in [-0.15, -0.1) is 0 Å². The van der Waals surface area contributed by atoms with Gasteiger partial charge in [-0.25, -0.2) is 0 Å². The molecule has 1 aliphatic heterocycles. The van der Waals surface area contributed by atoms with E-state index in [1.54, 1.807) is 6.07 Å². The summed E-state index contributed by atoms with van der Waals surface area (Å²) in [4.78, 5) is 18.9. The molecule has 1 N–H and O–H groups in total. The fourth-order valence-electron chi connectivity index (χ4n) is 3.07. The Labute approximate surface area is 166 Å². The van der Waals surface area contributed by atoms with Gasteiger partial charge in [-0.2, -0.15) is 13.2 Å². The number of carbonyl (C=O) groups is 1. The first-order valence-corrected chi connectivity index (χ1v) is 9.24. The number of nitrogens with one attached hydrogen (secondary N) is 1. The monoisotopic (exact) mass is 409 g/mol. The van der Waals surface area contributed by atoms with Gasteiger partial charge >= 0.3 is 6.18 Å². The molecule has 3 rings (SSSR count). The standard InChI is InChI=1S/C20H22F3N3O3/c1-28-10-11-29-18-5-4-14(20(21,22)23)12-16(18)25-19(27)17-13-15(6-7-24-17)26-8-2-3-9-26/h4-7,12-13H,2-3,8-11H2,1H3,(H,25,27). The molecule has 29 heavy (non-hydrogen) atoms. The first kappa shape index (κ1) is 20.9. The van der Waals surface area contributed by atoms with Crippen LogP contribution in [-0.4, -0.2) is 44.3 Å². The summed E-state index contributed by atoms with van der Waals surface area (Å²) in [6, 6.07) is 6.39. The summed E-state index contributed by atoms with van der Waals surface area (Å²) in [5.74, 6) is -0.485. The van der Waals surface area contributed by atoms with Crippen LogP contribution in [0.1, 0.15) is 28.9 Å². The molecule has 0 saturated carbocycles. The van der Waals surface area contributed by atoms with Gasteiger partial charge in [0.15, 0.2) is 0 Å². The van der Waals surface area contributed by atoms with Crippen LogP contribution in [0, 0.1) is 0 Å². The minimum atomic E-state index is -4.54. The number of nitrogens with zero attached hydrogens (tertiary/aromatic N) is 2. The number of hydrogen-bond acceptors (Lipinski definition) is 5. The van der Waals surface area contributed by atoms with Gasteiger partial charge in [-0.3, -0.25) is 9.78 Å². The van der Waals surface area contributed by atoms with E-state index in [0.717, 1.165) is 43.8 Å². The second-order valence-corrected chi connectivity index (χ2v) is 6.60. The molecule has 2 heterocycles. The maximum Gasteiger partial charge on any atom is 0.416 e. The molecule has 0 bridgehead atoms. The van der Waals surface area contributed by atoms with E-state index in [-0.39, 0.29) is 30.3 Å². The van der Waals surface area contributed by atoms with Crippen molar-refractivity contribution in [3.05, 3.63) is 47.8 Å². The first-order valence-electron chi connectivity index (χ1n) is 9.24. The predicted molar refractivity (Wildman–Crippen MR) is 102 cm³/mol. The number of alkyl halides is 3. The number of methoxy groups -OCH3 is 1. The molecule has 1 amide bonds. The van der Waals surface area contributed by atoms with Crippen molar-refractivity contribution < 1.29 is 27.4 Å². The van der Waals surface area contributed by atoms with Crippen molar-refractivity contribution >= 4 is 17.3 Å². The summed E-state index contributed by atoms with van der Waals surface area (Å²) in [7, 11) is 1.48. The molecule has 0 spiro atoms. The molecule has 1 aromatic heterocycles. The number of pyridine rings is 1. The Morgan fingerprint density at radius 1 is 1.17 bits per heavy atom. The van der Waals surface area contributed by atoms with E-state index in [2.05, 4.69) is 15.2 Å². The van der Waals surface area contributed by atoms with Crippen LogP contribution < -0.4 is 15.0 Å². The second-order valence-electron chi connectivity index (χ2n) is 6.60. The molecular weight excluding hydrogens is 387 g/mol. The second kappa shape index (κ2) is 9.13. The molecule has 2 aromatic rings. The van der Waals surface area contributed by atoms with Crippen molar-refractivity contribution in [2.75, 3.05) is 43.6 Å². The Hall–Kier alpha value is -2.81. The van der Waals surface area contributed by atoms with Crippen LogP contribution >= 0.6 is 0 Å². The fourth-order valence-corrected chi connectivity index (χ4v) is 3.07. The molecule has 1 aliphatic rings. The molecule has 1 fully saturated rings. The Morgan fingerprint density at radius 2 is 1.93 bits per heavy atom. The van der Waals surface area contributed by atoms with Crippen LogP contribution in [0.2, 0.25) is 0 Å². The lowest BCUT2D eigenvalue weighted by Gasteiger charge is -2.18. The Kier molecular flexibility index (Phi) is 6.58. The lowest BCUT2D eigenvalue weighted by Crippen LogP contribution is -2.20. The number of benzene rings is 1. The Morgan fingerprint density at radius 3 is 2.62 bits per heavy atom. The van der Waals surface area contributed by atoms with Gasteiger partial charge in [0.2, 0.25) is 0 Å². The van der Waals surface area contributed by atoms with Crippen LogP contribution in [0.5, 0.6) is 5.75 Å². The lowest BCUT2D eigenvalue weighted by atomic mass is 10.1. The number of ether oxygens (including phenoxy) is 2. The maximum atomic E-state index is 13.1.